The van der Waals surface area contributed by atoms with Gasteiger partial charge in [-0.1, -0.05) is 29.8 Å². The molecule has 23 heavy (non-hydrogen) atoms. The molecule has 2 atom stereocenters. The van der Waals surface area contributed by atoms with Crippen LogP contribution in [-0.4, -0.2) is 30.4 Å². The monoisotopic (exact) mass is 336 g/mol. The van der Waals surface area contributed by atoms with Crippen LogP contribution in [-0.2, 0) is 4.79 Å². The Bertz CT molecular complexity index is 497. The topological polar surface area (TPSA) is 32.3 Å². The van der Waals surface area contributed by atoms with Gasteiger partial charge in [0.2, 0.25) is 5.91 Å². The van der Waals surface area contributed by atoms with Crippen molar-refractivity contribution < 1.29 is 4.79 Å². The second kappa shape index (κ2) is 8.70. The SMILES string of the molecule is Cc1ccc(C2CCCCN2C(=O)CCC2CCNC2)cc1.Cl. The number of benzene rings is 1. The molecule has 1 aromatic rings. The first kappa shape index (κ1) is 18.3. The van der Waals surface area contributed by atoms with Gasteiger partial charge in [0.15, 0.2) is 0 Å². The molecule has 3 rings (SSSR count). The highest BCUT2D eigenvalue weighted by Gasteiger charge is 2.28. The van der Waals surface area contributed by atoms with Crippen molar-refractivity contribution in [2.45, 2.75) is 51.5 Å². The molecule has 0 spiro atoms. The summed E-state index contributed by atoms with van der Waals surface area (Å²) in [6.07, 6.45) is 6.49. The van der Waals surface area contributed by atoms with E-state index in [-0.39, 0.29) is 12.4 Å². The Kier molecular flexibility index (Phi) is 6.91. The molecule has 0 aromatic heterocycles. The molecule has 2 aliphatic heterocycles. The average molecular weight is 337 g/mol. The lowest BCUT2D eigenvalue weighted by atomic mass is 9.93. The fourth-order valence-corrected chi connectivity index (χ4v) is 3.80. The summed E-state index contributed by atoms with van der Waals surface area (Å²) in [7, 11) is 0. The Hall–Kier alpha value is -1.06. The van der Waals surface area contributed by atoms with E-state index < -0.39 is 0 Å². The number of halogens is 1. The summed E-state index contributed by atoms with van der Waals surface area (Å²) in [5, 5.41) is 3.39. The standard InChI is InChI=1S/C19H28N2O.ClH/c1-15-5-8-17(9-6-15)18-4-2-3-13-21(18)19(22)10-7-16-11-12-20-14-16;/h5-6,8-9,16,18,20H,2-4,7,10-14H2,1H3;1H. The van der Waals surface area contributed by atoms with E-state index in [1.54, 1.807) is 0 Å². The Morgan fingerprint density at radius 2 is 2.00 bits per heavy atom. The van der Waals surface area contributed by atoms with Crippen LogP contribution in [0, 0.1) is 12.8 Å². The van der Waals surface area contributed by atoms with Gasteiger partial charge in [0.25, 0.3) is 0 Å². The summed E-state index contributed by atoms with van der Waals surface area (Å²) in [6, 6.07) is 9.02. The molecule has 0 aliphatic carbocycles. The molecule has 2 aliphatic rings. The number of hydrogen-bond donors (Lipinski definition) is 1. The van der Waals surface area contributed by atoms with E-state index in [4.69, 9.17) is 0 Å². The molecule has 128 valence electrons. The van der Waals surface area contributed by atoms with Gasteiger partial charge in [-0.2, -0.15) is 0 Å². The summed E-state index contributed by atoms with van der Waals surface area (Å²) in [6.45, 7) is 5.26. The predicted octanol–water partition coefficient (Wildman–Crippen LogP) is 3.86. The van der Waals surface area contributed by atoms with Crippen molar-refractivity contribution in [1.29, 1.82) is 0 Å². The Morgan fingerprint density at radius 1 is 1.22 bits per heavy atom. The van der Waals surface area contributed by atoms with Crippen molar-refractivity contribution in [2.24, 2.45) is 5.92 Å². The van der Waals surface area contributed by atoms with E-state index in [0.717, 1.165) is 38.9 Å². The molecule has 1 aromatic carbocycles. The number of carbonyl (C=O) groups is 1. The van der Waals surface area contributed by atoms with Gasteiger partial charge in [0, 0.05) is 13.0 Å². The Labute approximate surface area is 146 Å². The number of nitrogens with zero attached hydrogens (tertiary/aromatic N) is 1. The van der Waals surface area contributed by atoms with Crippen molar-refractivity contribution in [3.05, 3.63) is 35.4 Å². The van der Waals surface area contributed by atoms with Crippen LogP contribution in [0.4, 0.5) is 0 Å². The van der Waals surface area contributed by atoms with Crippen LogP contribution in [0.25, 0.3) is 0 Å². The van der Waals surface area contributed by atoms with E-state index in [9.17, 15) is 4.79 Å². The molecule has 2 saturated heterocycles. The molecule has 3 nitrogen and oxygen atoms in total. The molecule has 0 saturated carbocycles. The number of carbonyl (C=O) groups excluding carboxylic acids is 1. The van der Waals surface area contributed by atoms with Crippen LogP contribution in [0.5, 0.6) is 0 Å². The summed E-state index contributed by atoms with van der Waals surface area (Å²) < 4.78 is 0. The largest absolute Gasteiger partial charge is 0.336 e. The number of hydrogen-bond acceptors (Lipinski definition) is 2. The Morgan fingerprint density at radius 3 is 2.70 bits per heavy atom. The smallest absolute Gasteiger partial charge is 0.223 e. The molecule has 1 N–H and O–H groups in total. The molecular weight excluding hydrogens is 308 g/mol. The van der Waals surface area contributed by atoms with Crippen LogP contribution in [0.1, 0.15) is 55.7 Å². The molecule has 0 bridgehead atoms. The van der Waals surface area contributed by atoms with Crippen molar-refractivity contribution in [3.63, 3.8) is 0 Å². The Balaban J connectivity index is 0.00000192. The zero-order valence-electron chi connectivity index (χ0n) is 14.1. The van der Waals surface area contributed by atoms with Crippen LogP contribution in [0.3, 0.4) is 0 Å². The van der Waals surface area contributed by atoms with Gasteiger partial charge in [-0.3, -0.25) is 4.79 Å². The zero-order chi connectivity index (χ0) is 15.4. The average Bonchev–Trinajstić information content (AvgIpc) is 3.07. The minimum Gasteiger partial charge on any atom is -0.336 e. The molecule has 4 heteroatoms. The first-order valence-corrected chi connectivity index (χ1v) is 8.81. The summed E-state index contributed by atoms with van der Waals surface area (Å²) >= 11 is 0. The molecule has 2 fully saturated rings. The summed E-state index contributed by atoms with van der Waals surface area (Å²) in [5.41, 5.74) is 2.59. The number of piperidine rings is 1. The second-order valence-electron chi connectivity index (χ2n) is 6.91. The maximum atomic E-state index is 12.7. The number of rotatable bonds is 4. The van der Waals surface area contributed by atoms with Crippen LogP contribution in [0.15, 0.2) is 24.3 Å². The number of amides is 1. The van der Waals surface area contributed by atoms with Gasteiger partial charge in [0.1, 0.15) is 0 Å². The molecule has 2 heterocycles. The lowest BCUT2D eigenvalue weighted by molar-refractivity contribution is -0.135. The highest BCUT2D eigenvalue weighted by atomic mass is 35.5. The molecule has 2 unspecified atom stereocenters. The van der Waals surface area contributed by atoms with Gasteiger partial charge in [0.05, 0.1) is 6.04 Å². The zero-order valence-corrected chi connectivity index (χ0v) is 14.9. The number of nitrogens with one attached hydrogen (secondary N) is 1. The summed E-state index contributed by atoms with van der Waals surface area (Å²) in [4.78, 5) is 14.9. The van der Waals surface area contributed by atoms with E-state index in [2.05, 4.69) is 41.4 Å². The quantitative estimate of drug-likeness (QED) is 0.905. The van der Waals surface area contributed by atoms with Crippen molar-refractivity contribution >= 4 is 18.3 Å². The van der Waals surface area contributed by atoms with E-state index >= 15 is 0 Å². The van der Waals surface area contributed by atoms with Crippen molar-refractivity contribution in [3.8, 4) is 0 Å². The van der Waals surface area contributed by atoms with Crippen LogP contribution < -0.4 is 5.32 Å². The number of likely N-dealkylation sites (tertiary alicyclic amines) is 1. The maximum absolute atomic E-state index is 12.7. The minimum atomic E-state index is 0. The normalized spacial score (nSPS) is 24.3. The van der Waals surface area contributed by atoms with Crippen molar-refractivity contribution in [2.75, 3.05) is 19.6 Å². The third kappa shape index (κ3) is 4.71. The van der Waals surface area contributed by atoms with E-state index in [1.165, 1.54) is 24.0 Å². The van der Waals surface area contributed by atoms with E-state index in [1.807, 2.05) is 0 Å². The maximum Gasteiger partial charge on any atom is 0.223 e. The van der Waals surface area contributed by atoms with Gasteiger partial charge in [-0.05, 0) is 63.6 Å². The third-order valence-corrected chi connectivity index (χ3v) is 5.21. The van der Waals surface area contributed by atoms with E-state index in [0.29, 0.717) is 24.3 Å². The fraction of sp³-hybridized carbons (Fsp3) is 0.632. The van der Waals surface area contributed by atoms with Gasteiger partial charge >= 0.3 is 0 Å². The first-order valence-electron chi connectivity index (χ1n) is 8.81. The highest BCUT2D eigenvalue weighted by molar-refractivity contribution is 5.85. The van der Waals surface area contributed by atoms with Crippen molar-refractivity contribution in [1.82, 2.24) is 10.2 Å². The molecule has 1 amide bonds. The van der Waals surface area contributed by atoms with Gasteiger partial charge < -0.3 is 10.2 Å². The first-order chi connectivity index (χ1) is 10.7. The van der Waals surface area contributed by atoms with Gasteiger partial charge in [-0.25, -0.2) is 0 Å². The van der Waals surface area contributed by atoms with Crippen LogP contribution >= 0.6 is 12.4 Å². The van der Waals surface area contributed by atoms with Crippen LogP contribution in [0.2, 0.25) is 0 Å². The van der Waals surface area contributed by atoms with Gasteiger partial charge in [-0.15, -0.1) is 12.4 Å². The lowest BCUT2D eigenvalue weighted by Crippen LogP contribution is -2.38. The second-order valence-corrected chi connectivity index (χ2v) is 6.91. The number of aryl methyl sites for hydroxylation is 1. The fourth-order valence-electron chi connectivity index (χ4n) is 3.80. The predicted molar refractivity (Wildman–Crippen MR) is 96.9 cm³/mol. The molecule has 0 radical (unpaired) electrons. The lowest BCUT2D eigenvalue weighted by Gasteiger charge is -2.36. The third-order valence-electron chi connectivity index (χ3n) is 5.21. The minimum absolute atomic E-state index is 0. The summed E-state index contributed by atoms with van der Waals surface area (Å²) in [5.74, 6) is 1.06. The highest BCUT2D eigenvalue weighted by Crippen LogP contribution is 2.32. The molecular formula is C19H29ClN2O.